The maximum absolute atomic E-state index is 11.6. The second-order valence-electron chi connectivity index (χ2n) is 5.23. The van der Waals surface area contributed by atoms with Crippen LogP contribution < -0.4 is 0 Å². The van der Waals surface area contributed by atoms with Crippen molar-refractivity contribution in [1.29, 1.82) is 0 Å². The lowest BCUT2D eigenvalue weighted by Gasteiger charge is -2.20. The van der Waals surface area contributed by atoms with Crippen LogP contribution in [0.3, 0.4) is 0 Å². The summed E-state index contributed by atoms with van der Waals surface area (Å²) in [7, 11) is 0. The molecule has 18 heavy (non-hydrogen) atoms. The van der Waals surface area contributed by atoms with Gasteiger partial charge in [-0.1, -0.05) is 55.8 Å². The number of halogens is 1. The second-order valence-corrected chi connectivity index (χ2v) is 5.67. The molecule has 0 amide bonds. The summed E-state index contributed by atoms with van der Waals surface area (Å²) in [6.45, 7) is 0. The van der Waals surface area contributed by atoms with Crippen LogP contribution >= 0.6 is 11.6 Å². The average Bonchev–Trinajstić information content (AvgIpc) is 2.29. The number of Topliss-reactive ketones (excluding diaryl/α,β-unsaturated/α-hetero) is 1. The Balaban J connectivity index is 0.000000256. The molecule has 1 aromatic rings. The summed E-state index contributed by atoms with van der Waals surface area (Å²) in [6, 6.07) is 7.66. The van der Waals surface area contributed by atoms with E-state index in [9.17, 15) is 4.79 Å². The number of carbonyl (C=O) groups excluding carboxylic acids is 1. The summed E-state index contributed by atoms with van der Waals surface area (Å²) in [6.07, 6.45) is 9.97. The molecule has 2 aliphatic carbocycles. The molecule has 0 aromatic heterocycles. The summed E-state index contributed by atoms with van der Waals surface area (Å²) < 4.78 is 0. The highest BCUT2D eigenvalue weighted by Crippen LogP contribution is 2.30. The number of ketones is 1. The Bertz CT molecular complexity index is 375. The highest BCUT2D eigenvalue weighted by atomic mass is 35.5. The van der Waals surface area contributed by atoms with Gasteiger partial charge in [0.15, 0.2) is 0 Å². The van der Waals surface area contributed by atoms with Crippen LogP contribution in [0.25, 0.3) is 0 Å². The van der Waals surface area contributed by atoms with Crippen LogP contribution in [-0.2, 0) is 4.79 Å². The van der Waals surface area contributed by atoms with E-state index in [0.29, 0.717) is 5.78 Å². The van der Waals surface area contributed by atoms with Gasteiger partial charge in [0.1, 0.15) is 5.78 Å². The lowest BCUT2D eigenvalue weighted by Crippen LogP contribution is -2.16. The Hall–Kier alpha value is -0.820. The van der Waals surface area contributed by atoms with Crippen molar-refractivity contribution in [2.24, 2.45) is 0 Å². The SMILES string of the molecule is C1CCC1.O=C1CCCCC1c1ccc(Cl)cc1. The summed E-state index contributed by atoms with van der Waals surface area (Å²) in [4.78, 5) is 11.6. The number of carbonyl (C=O) groups is 1. The molecule has 1 aromatic carbocycles. The van der Waals surface area contributed by atoms with Crippen LogP contribution in [-0.4, -0.2) is 5.78 Å². The predicted octanol–water partition coefficient (Wildman–Crippen LogP) is 5.13. The molecule has 0 saturated heterocycles. The maximum Gasteiger partial charge on any atom is 0.140 e. The summed E-state index contributed by atoms with van der Waals surface area (Å²) >= 11 is 5.80. The van der Waals surface area contributed by atoms with E-state index in [1.165, 1.54) is 32.1 Å². The van der Waals surface area contributed by atoms with E-state index in [2.05, 4.69) is 0 Å². The van der Waals surface area contributed by atoms with Crippen molar-refractivity contribution in [1.82, 2.24) is 0 Å². The molecule has 1 nitrogen and oxygen atoms in total. The number of hydrogen-bond acceptors (Lipinski definition) is 1. The quantitative estimate of drug-likeness (QED) is 0.687. The molecule has 0 N–H and O–H groups in total. The fourth-order valence-electron chi connectivity index (χ4n) is 2.28. The standard InChI is InChI=1S/C12H13ClO.C4H8/c13-10-7-5-9(6-8-10)11-3-1-2-4-12(11)14;1-2-4-3-1/h5-8,11H,1-4H2;1-4H2. The van der Waals surface area contributed by atoms with Crippen LogP contribution in [0.5, 0.6) is 0 Å². The largest absolute Gasteiger partial charge is 0.299 e. The van der Waals surface area contributed by atoms with E-state index in [1.54, 1.807) is 0 Å². The van der Waals surface area contributed by atoms with Crippen molar-refractivity contribution < 1.29 is 4.79 Å². The molecule has 0 aliphatic heterocycles. The van der Waals surface area contributed by atoms with Crippen molar-refractivity contribution in [3.63, 3.8) is 0 Å². The molecule has 0 spiro atoms. The molecular weight excluding hydrogens is 244 g/mol. The zero-order chi connectivity index (χ0) is 12.8. The zero-order valence-electron chi connectivity index (χ0n) is 10.8. The average molecular weight is 265 g/mol. The van der Waals surface area contributed by atoms with Gasteiger partial charge in [-0.15, -0.1) is 0 Å². The topological polar surface area (TPSA) is 17.1 Å². The third-order valence-corrected chi connectivity index (χ3v) is 4.08. The second kappa shape index (κ2) is 6.94. The number of benzene rings is 1. The van der Waals surface area contributed by atoms with Crippen LogP contribution in [0.4, 0.5) is 0 Å². The van der Waals surface area contributed by atoms with E-state index < -0.39 is 0 Å². The van der Waals surface area contributed by atoms with E-state index in [1.807, 2.05) is 24.3 Å². The minimum absolute atomic E-state index is 0.126. The molecular formula is C16H21ClO. The molecule has 0 heterocycles. The third kappa shape index (κ3) is 3.84. The van der Waals surface area contributed by atoms with Crippen molar-refractivity contribution in [3.8, 4) is 0 Å². The van der Waals surface area contributed by atoms with E-state index in [4.69, 9.17) is 11.6 Å². The van der Waals surface area contributed by atoms with Gasteiger partial charge in [-0.05, 0) is 30.5 Å². The van der Waals surface area contributed by atoms with Gasteiger partial charge in [-0.2, -0.15) is 0 Å². The summed E-state index contributed by atoms with van der Waals surface area (Å²) in [5, 5.41) is 0.733. The third-order valence-electron chi connectivity index (χ3n) is 3.83. The fraction of sp³-hybridized carbons (Fsp3) is 0.562. The highest BCUT2D eigenvalue weighted by Gasteiger charge is 2.23. The van der Waals surface area contributed by atoms with Crippen LogP contribution in [0.1, 0.15) is 62.8 Å². The molecule has 98 valence electrons. The van der Waals surface area contributed by atoms with E-state index >= 15 is 0 Å². The van der Waals surface area contributed by atoms with Crippen molar-refractivity contribution >= 4 is 17.4 Å². The van der Waals surface area contributed by atoms with Gasteiger partial charge in [-0.25, -0.2) is 0 Å². The van der Waals surface area contributed by atoms with Crippen LogP contribution in [0, 0.1) is 0 Å². The van der Waals surface area contributed by atoms with Gasteiger partial charge in [0.2, 0.25) is 0 Å². The molecule has 2 saturated carbocycles. The molecule has 0 bridgehead atoms. The lowest BCUT2D eigenvalue weighted by atomic mass is 9.83. The first-order valence-electron chi connectivity index (χ1n) is 7.05. The van der Waals surface area contributed by atoms with E-state index in [-0.39, 0.29) is 5.92 Å². The zero-order valence-corrected chi connectivity index (χ0v) is 11.6. The van der Waals surface area contributed by atoms with Crippen molar-refractivity contribution in [2.45, 2.75) is 57.3 Å². The molecule has 3 rings (SSSR count). The highest BCUT2D eigenvalue weighted by molar-refractivity contribution is 6.30. The molecule has 2 aliphatic rings. The smallest absolute Gasteiger partial charge is 0.140 e. The Morgan fingerprint density at radius 2 is 1.50 bits per heavy atom. The first-order valence-corrected chi connectivity index (χ1v) is 7.43. The van der Waals surface area contributed by atoms with Gasteiger partial charge < -0.3 is 0 Å². The Kier molecular flexibility index (Phi) is 5.25. The Morgan fingerprint density at radius 1 is 0.889 bits per heavy atom. The monoisotopic (exact) mass is 264 g/mol. The first kappa shape index (κ1) is 13.6. The fourth-order valence-corrected chi connectivity index (χ4v) is 2.41. The Labute approximate surface area is 115 Å². The summed E-state index contributed by atoms with van der Waals surface area (Å²) in [5.74, 6) is 0.514. The minimum Gasteiger partial charge on any atom is -0.299 e. The van der Waals surface area contributed by atoms with Crippen LogP contribution in [0.2, 0.25) is 5.02 Å². The van der Waals surface area contributed by atoms with Crippen molar-refractivity contribution in [2.75, 3.05) is 0 Å². The molecule has 1 unspecified atom stereocenters. The molecule has 2 heteroatoms. The minimum atomic E-state index is 0.126. The van der Waals surface area contributed by atoms with Gasteiger partial charge >= 0.3 is 0 Å². The number of hydrogen-bond donors (Lipinski definition) is 0. The molecule has 0 radical (unpaired) electrons. The van der Waals surface area contributed by atoms with Gasteiger partial charge in [0.25, 0.3) is 0 Å². The number of rotatable bonds is 1. The van der Waals surface area contributed by atoms with Gasteiger partial charge in [0.05, 0.1) is 0 Å². The van der Waals surface area contributed by atoms with E-state index in [0.717, 1.165) is 29.8 Å². The van der Waals surface area contributed by atoms with Crippen LogP contribution in [0.15, 0.2) is 24.3 Å². The van der Waals surface area contributed by atoms with Crippen molar-refractivity contribution in [3.05, 3.63) is 34.9 Å². The maximum atomic E-state index is 11.6. The van der Waals surface area contributed by atoms with Gasteiger partial charge in [0, 0.05) is 17.4 Å². The normalized spacial score (nSPS) is 22.7. The Morgan fingerprint density at radius 3 is 2.00 bits per heavy atom. The molecule has 2 fully saturated rings. The predicted molar refractivity (Wildman–Crippen MR) is 76.1 cm³/mol. The molecule has 1 atom stereocenters. The lowest BCUT2D eigenvalue weighted by molar-refractivity contribution is -0.121. The summed E-state index contributed by atoms with van der Waals surface area (Å²) in [5.41, 5.74) is 1.12. The first-order chi connectivity index (χ1) is 8.77. The van der Waals surface area contributed by atoms with Gasteiger partial charge in [-0.3, -0.25) is 4.79 Å².